The zero-order valence-corrected chi connectivity index (χ0v) is 15.6. The highest BCUT2D eigenvalue weighted by Gasteiger charge is 2.25. The molecular formula is C21H19N5O3. The topological polar surface area (TPSA) is 104 Å². The third-order valence-corrected chi connectivity index (χ3v) is 4.64. The van der Waals surface area contributed by atoms with Gasteiger partial charge in [-0.1, -0.05) is 35.4 Å². The van der Waals surface area contributed by atoms with Crippen LogP contribution in [0.5, 0.6) is 0 Å². The van der Waals surface area contributed by atoms with Gasteiger partial charge in [0, 0.05) is 18.7 Å². The standard InChI is InChI=1S/C21H19N5O3/c22-14-15-6-8-17(9-7-15)19(27)23-18(16-4-2-1-3-5-16)20-24-25-21(29-20)26-10-12-28-13-11-26/h1-9,18H,10-13H2,(H,23,27)/t18-/m1/s1. The minimum atomic E-state index is -0.596. The minimum Gasteiger partial charge on any atom is -0.405 e. The van der Waals surface area contributed by atoms with Crippen LogP contribution in [0.3, 0.4) is 0 Å². The summed E-state index contributed by atoms with van der Waals surface area (Å²) in [4.78, 5) is 14.8. The van der Waals surface area contributed by atoms with Gasteiger partial charge >= 0.3 is 6.01 Å². The number of anilines is 1. The van der Waals surface area contributed by atoms with Gasteiger partial charge in [-0.25, -0.2) is 0 Å². The number of rotatable bonds is 5. The lowest BCUT2D eigenvalue weighted by atomic mass is 10.1. The molecule has 2 heterocycles. The highest BCUT2D eigenvalue weighted by molar-refractivity contribution is 5.94. The van der Waals surface area contributed by atoms with E-state index in [-0.39, 0.29) is 5.91 Å². The summed E-state index contributed by atoms with van der Waals surface area (Å²) in [6.07, 6.45) is 0. The number of hydrogen-bond acceptors (Lipinski definition) is 7. The van der Waals surface area contributed by atoms with Crippen LogP contribution < -0.4 is 10.2 Å². The van der Waals surface area contributed by atoms with Crippen LogP contribution in [0.2, 0.25) is 0 Å². The molecule has 1 amide bonds. The van der Waals surface area contributed by atoms with Crippen LogP contribution in [0.15, 0.2) is 59.0 Å². The molecule has 1 fully saturated rings. The summed E-state index contributed by atoms with van der Waals surface area (Å²) in [5, 5.41) is 20.2. The average Bonchev–Trinajstić information content (AvgIpc) is 3.28. The minimum absolute atomic E-state index is 0.297. The first-order valence-corrected chi connectivity index (χ1v) is 9.26. The number of amides is 1. The van der Waals surface area contributed by atoms with Crippen molar-refractivity contribution in [1.82, 2.24) is 15.5 Å². The first kappa shape index (κ1) is 18.7. The van der Waals surface area contributed by atoms with Gasteiger partial charge in [0.1, 0.15) is 6.04 Å². The van der Waals surface area contributed by atoms with Gasteiger partial charge < -0.3 is 19.4 Å². The van der Waals surface area contributed by atoms with E-state index in [0.717, 1.165) is 5.56 Å². The van der Waals surface area contributed by atoms with Crippen molar-refractivity contribution in [3.63, 3.8) is 0 Å². The molecule has 8 nitrogen and oxygen atoms in total. The van der Waals surface area contributed by atoms with Crippen LogP contribution in [0.1, 0.15) is 33.4 Å². The van der Waals surface area contributed by atoms with Crippen LogP contribution >= 0.6 is 0 Å². The lowest BCUT2D eigenvalue weighted by molar-refractivity contribution is 0.0937. The summed E-state index contributed by atoms with van der Waals surface area (Å²) in [5.41, 5.74) is 1.76. The molecule has 1 aromatic heterocycles. The second kappa shape index (κ2) is 8.54. The molecule has 0 saturated carbocycles. The first-order valence-electron chi connectivity index (χ1n) is 9.26. The van der Waals surface area contributed by atoms with E-state index in [9.17, 15) is 4.79 Å². The zero-order valence-electron chi connectivity index (χ0n) is 15.6. The monoisotopic (exact) mass is 389 g/mol. The third-order valence-electron chi connectivity index (χ3n) is 4.64. The second-order valence-electron chi connectivity index (χ2n) is 6.53. The molecule has 2 aromatic carbocycles. The SMILES string of the molecule is N#Cc1ccc(C(=O)N[C@H](c2ccccc2)c2nnc(N3CCOCC3)o2)cc1. The summed E-state index contributed by atoms with van der Waals surface area (Å²) in [7, 11) is 0. The molecule has 0 bridgehead atoms. The maximum absolute atomic E-state index is 12.8. The Bertz CT molecular complexity index is 1000. The molecule has 3 aromatic rings. The van der Waals surface area contributed by atoms with E-state index in [0.29, 0.717) is 49.3 Å². The molecule has 1 saturated heterocycles. The van der Waals surface area contributed by atoms with Crippen molar-refractivity contribution < 1.29 is 13.9 Å². The predicted molar refractivity (Wildman–Crippen MR) is 104 cm³/mol. The Balaban J connectivity index is 1.59. The smallest absolute Gasteiger partial charge is 0.318 e. The van der Waals surface area contributed by atoms with Gasteiger partial charge in [0.25, 0.3) is 5.91 Å². The van der Waals surface area contributed by atoms with Crippen LogP contribution in [-0.4, -0.2) is 42.4 Å². The molecule has 0 radical (unpaired) electrons. The van der Waals surface area contributed by atoms with Gasteiger partial charge in [0.05, 0.1) is 24.8 Å². The van der Waals surface area contributed by atoms with E-state index in [1.165, 1.54) is 0 Å². The molecule has 1 atom stereocenters. The van der Waals surface area contributed by atoms with Crippen molar-refractivity contribution in [2.75, 3.05) is 31.2 Å². The number of nitrogens with one attached hydrogen (secondary N) is 1. The van der Waals surface area contributed by atoms with Crippen LogP contribution in [0.25, 0.3) is 0 Å². The summed E-state index contributed by atoms with van der Waals surface area (Å²) >= 11 is 0. The molecule has 8 heteroatoms. The predicted octanol–water partition coefficient (Wildman–Crippen LogP) is 2.30. The maximum atomic E-state index is 12.8. The van der Waals surface area contributed by atoms with Crippen molar-refractivity contribution >= 4 is 11.9 Å². The molecule has 1 aliphatic heterocycles. The maximum Gasteiger partial charge on any atom is 0.318 e. The Hall–Kier alpha value is -3.70. The van der Waals surface area contributed by atoms with E-state index in [2.05, 4.69) is 15.5 Å². The number of carbonyl (C=O) groups is 1. The molecule has 1 aliphatic rings. The molecule has 4 rings (SSSR count). The zero-order chi connectivity index (χ0) is 20.1. The third kappa shape index (κ3) is 4.25. The van der Waals surface area contributed by atoms with Crippen LogP contribution in [0.4, 0.5) is 6.01 Å². The average molecular weight is 389 g/mol. The molecular weight excluding hydrogens is 370 g/mol. The van der Waals surface area contributed by atoms with Gasteiger partial charge in [-0.3, -0.25) is 4.79 Å². The summed E-state index contributed by atoms with van der Waals surface area (Å²) < 4.78 is 11.3. The van der Waals surface area contributed by atoms with E-state index >= 15 is 0 Å². The van der Waals surface area contributed by atoms with E-state index in [1.807, 2.05) is 41.3 Å². The molecule has 146 valence electrons. The van der Waals surface area contributed by atoms with Crippen molar-refractivity contribution in [3.05, 3.63) is 77.2 Å². The van der Waals surface area contributed by atoms with Crippen LogP contribution in [0, 0.1) is 11.3 Å². The number of hydrogen-bond donors (Lipinski definition) is 1. The fourth-order valence-electron chi connectivity index (χ4n) is 3.07. The van der Waals surface area contributed by atoms with Gasteiger partial charge in [-0.15, -0.1) is 5.10 Å². The van der Waals surface area contributed by atoms with E-state index in [1.54, 1.807) is 24.3 Å². The molecule has 1 N–H and O–H groups in total. The normalized spacial score (nSPS) is 14.8. The Morgan fingerprint density at radius 3 is 2.48 bits per heavy atom. The Morgan fingerprint density at radius 2 is 1.79 bits per heavy atom. The number of aromatic nitrogens is 2. The van der Waals surface area contributed by atoms with Crippen molar-refractivity contribution in [1.29, 1.82) is 5.26 Å². The second-order valence-corrected chi connectivity index (χ2v) is 6.53. The number of nitrogens with zero attached hydrogens (tertiary/aromatic N) is 4. The number of carbonyl (C=O) groups excluding carboxylic acids is 1. The number of ether oxygens (including phenoxy) is 1. The van der Waals surface area contributed by atoms with Gasteiger partial charge in [-0.05, 0) is 29.8 Å². The Labute approximate surface area is 167 Å². The number of morpholine rings is 1. The quantitative estimate of drug-likeness (QED) is 0.714. The van der Waals surface area contributed by atoms with E-state index < -0.39 is 6.04 Å². The first-order chi connectivity index (χ1) is 14.2. The fourth-order valence-corrected chi connectivity index (χ4v) is 3.07. The summed E-state index contributed by atoms with van der Waals surface area (Å²) in [6, 6.07) is 17.8. The Kier molecular flexibility index (Phi) is 5.49. The van der Waals surface area contributed by atoms with Crippen LogP contribution in [-0.2, 0) is 4.74 Å². The fraction of sp³-hybridized carbons (Fsp3) is 0.238. The highest BCUT2D eigenvalue weighted by Crippen LogP contribution is 2.24. The summed E-state index contributed by atoms with van der Waals surface area (Å²) in [6.45, 7) is 2.56. The van der Waals surface area contributed by atoms with Gasteiger partial charge in [-0.2, -0.15) is 5.26 Å². The lowest BCUT2D eigenvalue weighted by Gasteiger charge is -2.24. The Morgan fingerprint density at radius 1 is 1.07 bits per heavy atom. The molecule has 29 heavy (non-hydrogen) atoms. The molecule has 0 unspecified atom stereocenters. The highest BCUT2D eigenvalue weighted by atomic mass is 16.5. The van der Waals surface area contributed by atoms with Gasteiger partial charge in [0.2, 0.25) is 5.89 Å². The number of benzene rings is 2. The van der Waals surface area contributed by atoms with Crippen molar-refractivity contribution in [3.8, 4) is 6.07 Å². The summed E-state index contributed by atoms with van der Waals surface area (Å²) in [5.74, 6) is 0.00847. The number of nitriles is 1. The van der Waals surface area contributed by atoms with E-state index in [4.69, 9.17) is 14.4 Å². The largest absolute Gasteiger partial charge is 0.405 e. The molecule has 0 spiro atoms. The lowest BCUT2D eigenvalue weighted by Crippen LogP contribution is -2.36. The van der Waals surface area contributed by atoms with Gasteiger partial charge in [0.15, 0.2) is 0 Å². The molecule has 0 aliphatic carbocycles. The van der Waals surface area contributed by atoms with Crippen molar-refractivity contribution in [2.24, 2.45) is 0 Å². The van der Waals surface area contributed by atoms with Crippen molar-refractivity contribution in [2.45, 2.75) is 6.04 Å².